The van der Waals surface area contributed by atoms with Crippen molar-refractivity contribution < 1.29 is 19.1 Å². The van der Waals surface area contributed by atoms with E-state index in [1.807, 2.05) is 49.4 Å². The molecule has 1 aromatic heterocycles. The molecule has 1 amide bonds. The minimum absolute atomic E-state index is 0.164. The van der Waals surface area contributed by atoms with Crippen LogP contribution in [0.15, 0.2) is 42.5 Å². The van der Waals surface area contributed by atoms with Crippen molar-refractivity contribution in [3.8, 4) is 11.5 Å². The van der Waals surface area contributed by atoms with Gasteiger partial charge in [-0.25, -0.2) is 0 Å². The van der Waals surface area contributed by atoms with Crippen LogP contribution >= 0.6 is 0 Å². The molecule has 1 aliphatic rings. The van der Waals surface area contributed by atoms with Crippen LogP contribution in [0.25, 0.3) is 11.0 Å². The average Bonchev–Trinajstić information content (AvgIpc) is 3.09. The second kappa shape index (κ2) is 6.91. The largest absolute Gasteiger partial charge is 0.486 e. The average molecular weight is 354 g/mol. The van der Waals surface area contributed by atoms with Crippen molar-refractivity contribution in [2.45, 2.75) is 13.0 Å². The Bertz CT molecular complexity index is 940. The van der Waals surface area contributed by atoms with Gasteiger partial charge in [0.1, 0.15) is 24.2 Å². The van der Waals surface area contributed by atoms with Crippen LogP contribution < -0.4 is 19.6 Å². The third-order valence-corrected chi connectivity index (χ3v) is 4.08. The molecule has 0 saturated carbocycles. The number of para-hydroxylation sites is 1. The van der Waals surface area contributed by atoms with E-state index >= 15 is 0 Å². The molecule has 8 nitrogen and oxygen atoms in total. The van der Waals surface area contributed by atoms with Gasteiger partial charge < -0.3 is 19.6 Å². The zero-order valence-corrected chi connectivity index (χ0v) is 14.2. The first-order chi connectivity index (χ1) is 12.7. The monoisotopic (exact) mass is 354 g/mol. The van der Waals surface area contributed by atoms with Gasteiger partial charge in [-0.15, -0.1) is 5.10 Å². The summed E-state index contributed by atoms with van der Waals surface area (Å²) in [7, 11) is 0. The molecule has 1 aliphatic heterocycles. The van der Waals surface area contributed by atoms with Gasteiger partial charge in [0, 0.05) is 0 Å². The maximum absolute atomic E-state index is 12.2. The standard InChI is InChI=1S/C18H18N4O4/c1-12(13-6-7-16-17(10-13)25-9-8-24-16)19-18(23)11-26-22-15-5-3-2-4-14(15)20-21-22/h2-7,10,12H,8-9,11H2,1H3,(H,19,23)/t12-/m0/s1. The van der Waals surface area contributed by atoms with Crippen LogP contribution in [-0.4, -0.2) is 40.9 Å². The Morgan fingerprint density at radius 2 is 2.04 bits per heavy atom. The van der Waals surface area contributed by atoms with E-state index in [1.54, 1.807) is 0 Å². The van der Waals surface area contributed by atoms with Crippen molar-refractivity contribution in [1.29, 1.82) is 0 Å². The van der Waals surface area contributed by atoms with E-state index in [4.69, 9.17) is 14.3 Å². The maximum Gasteiger partial charge on any atom is 0.261 e. The molecular formula is C18H18N4O4. The Balaban J connectivity index is 1.37. The third-order valence-electron chi connectivity index (χ3n) is 4.08. The van der Waals surface area contributed by atoms with E-state index in [0.717, 1.165) is 11.3 Å². The van der Waals surface area contributed by atoms with Gasteiger partial charge in [-0.05, 0) is 42.0 Å². The number of nitrogens with zero attached hydrogens (tertiary/aromatic N) is 3. The number of ether oxygens (including phenoxy) is 2. The van der Waals surface area contributed by atoms with Gasteiger partial charge in [-0.3, -0.25) is 4.79 Å². The highest BCUT2D eigenvalue weighted by atomic mass is 16.7. The van der Waals surface area contributed by atoms with Crippen LogP contribution in [0.5, 0.6) is 11.5 Å². The minimum Gasteiger partial charge on any atom is -0.486 e. The topological polar surface area (TPSA) is 87.5 Å². The summed E-state index contributed by atoms with van der Waals surface area (Å²) in [6, 6.07) is 12.8. The molecule has 3 aromatic rings. The second-order valence-corrected chi connectivity index (χ2v) is 5.92. The third kappa shape index (κ3) is 3.26. The Labute approximate surface area is 149 Å². The maximum atomic E-state index is 12.2. The zero-order valence-electron chi connectivity index (χ0n) is 14.2. The predicted octanol–water partition coefficient (Wildman–Crippen LogP) is 1.51. The molecule has 134 valence electrons. The molecule has 2 heterocycles. The lowest BCUT2D eigenvalue weighted by Crippen LogP contribution is -2.33. The highest BCUT2D eigenvalue weighted by molar-refractivity contribution is 5.78. The summed E-state index contributed by atoms with van der Waals surface area (Å²) in [5, 5.41) is 10.8. The van der Waals surface area contributed by atoms with Gasteiger partial charge in [0.25, 0.3) is 5.91 Å². The quantitative estimate of drug-likeness (QED) is 0.747. The predicted molar refractivity (Wildman–Crippen MR) is 93.0 cm³/mol. The molecule has 0 bridgehead atoms. The van der Waals surface area contributed by atoms with Crippen molar-refractivity contribution in [2.75, 3.05) is 19.8 Å². The van der Waals surface area contributed by atoms with Gasteiger partial charge in [-0.1, -0.05) is 23.0 Å². The number of fused-ring (bicyclic) bond motifs is 2. The number of hydrogen-bond acceptors (Lipinski definition) is 6. The Hall–Kier alpha value is -3.29. The molecule has 0 saturated heterocycles. The fourth-order valence-corrected chi connectivity index (χ4v) is 2.76. The van der Waals surface area contributed by atoms with Gasteiger partial charge >= 0.3 is 0 Å². The highest BCUT2D eigenvalue weighted by Crippen LogP contribution is 2.32. The molecule has 4 rings (SSSR count). The molecule has 0 fully saturated rings. The summed E-state index contributed by atoms with van der Waals surface area (Å²) in [4.78, 5) is 18.9. The number of rotatable bonds is 5. The Morgan fingerprint density at radius 1 is 1.23 bits per heavy atom. The normalized spacial score (nSPS) is 14.0. The van der Waals surface area contributed by atoms with Crippen LogP contribution in [0.4, 0.5) is 0 Å². The van der Waals surface area contributed by atoms with Crippen molar-refractivity contribution >= 4 is 16.9 Å². The number of amides is 1. The van der Waals surface area contributed by atoms with Crippen molar-refractivity contribution in [3.63, 3.8) is 0 Å². The summed E-state index contributed by atoms with van der Waals surface area (Å²) < 4.78 is 11.1. The van der Waals surface area contributed by atoms with E-state index < -0.39 is 0 Å². The summed E-state index contributed by atoms with van der Waals surface area (Å²) in [5.41, 5.74) is 2.34. The van der Waals surface area contributed by atoms with Gasteiger partial charge in [0.2, 0.25) is 0 Å². The van der Waals surface area contributed by atoms with Crippen molar-refractivity contribution in [2.24, 2.45) is 0 Å². The van der Waals surface area contributed by atoms with Crippen molar-refractivity contribution in [1.82, 2.24) is 20.5 Å². The van der Waals surface area contributed by atoms with E-state index in [2.05, 4.69) is 15.6 Å². The molecule has 1 N–H and O–H groups in total. The second-order valence-electron chi connectivity index (χ2n) is 5.92. The zero-order chi connectivity index (χ0) is 17.9. The SMILES string of the molecule is C[C@H](NC(=O)COn1nnc2ccccc21)c1ccc2c(c1)OCCO2. The van der Waals surface area contributed by atoms with Crippen LogP contribution in [0.1, 0.15) is 18.5 Å². The summed E-state index contributed by atoms with van der Waals surface area (Å²) >= 11 is 0. The van der Waals surface area contributed by atoms with Crippen LogP contribution in [0.3, 0.4) is 0 Å². The highest BCUT2D eigenvalue weighted by Gasteiger charge is 2.16. The van der Waals surface area contributed by atoms with Gasteiger partial charge in [-0.2, -0.15) is 0 Å². The lowest BCUT2D eigenvalue weighted by atomic mass is 10.1. The van der Waals surface area contributed by atoms with E-state index in [-0.39, 0.29) is 18.6 Å². The number of nitrogens with one attached hydrogen (secondary N) is 1. The Kier molecular flexibility index (Phi) is 4.30. The fraction of sp³-hybridized carbons (Fsp3) is 0.278. The first kappa shape index (κ1) is 16.2. The molecule has 26 heavy (non-hydrogen) atoms. The van der Waals surface area contributed by atoms with Crippen LogP contribution in [-0.2, 0) is 4.79 Å². The van der Waals surface area contributed by atoms with Crippen molar-refractivity contribution in [3.05, 3.63) is 48.0 Å². The first-order valence-electron chi connectivity index (χ1n) is 8.33. The summed E-state index contributed by atoms with van der Waals surface area (Å²) in [6.45, 7) is 2.81. The van der Waals surface area contributed by atoms with Gasteiger partial charge in [0.05, 0.1) is 6.04 Å². The molecular weight excluding hydrogens is 336 g/mol. The molecule has 0 aliphatic carbocycles. The van der Waals surface area contributed by atoms with E-state index in [9.17, 15) is 4.79 Å². The van der Waals surface area contributed by atoms with Crippen LogP contribution in [0.2, 0.25) is 0 Å². The smallest absolute Gasteiger partial charge is 0.261 e. The van der Waals surface area contributed by atoms with Crippen LogP contribution in [0, 0.1) is 0 Å². The minimum atomic E-state index is -0.257. The molecule has 0 radical (unpaired) electrons. The van der Waals surface area contributed by atoms with Gasteiger partial charge in [0.15, 0.2) is 18.1 Å². The molecule has 0 spiro atoms. The number of benzene rings is 2. The number of aromatic nitrogens is 3. The Morgan fingerprint density at radius 3 is 2.92 bits per heavy atom. The molecule has 0 unspecified atom stereocenters. The molecule has 1 atom stereocenters. The lowest BCUT2D eigenvalue weighted by Gasteiger charge is -2.21. The first-order valence-corrected chi connectivity index (χ1v) is 8.33. The molecule has 8 heteroatoms. The fourth-order valence-electron chi connectivity index (χ4n) is 2.76. The number of carbonyl (C=O) groups excluding carboxylic acids is 1. The van der Waals surface area contributed by atoms with E-state index in [0.29, 0.717) is 30.0 Å². The number of carbonyl (C=O) groups is 1. The summed E-state index contributed by atoms with van der Waals surface area (Å²) in [6.07, 6.45) is 0. The van der Waals surface area contributed by atoms with E-state index in [1.165, 1.54) is 4.85 Å². The lowest BCUT2D eigenvalue weighted by molar-refractivity contribution is -0.127. The summed E-state index contributed by atoms with van der Waals surface area (Å²) in [5.74, 6) is 1.16. The number of hydrogen-bond donors (Lipinski definition) is 1. The molecule has 2 aromatic carbocycles.